The van der Waals surface area contributed by atoms with Crippen LogP contribution in [0.3, 0.4) is 0 Å². The number of halogens is 3. The molecule has 0 aliphatic rings. The van der Waals surface area contributed by atoms with Crippen molar-refractivity contribution in [3.63, 3.8) is 0 Å². The summed E-state index contributed by atoms with van der Waals surface area (Å²) in [4.78, 5) is 0. The van der Waals surface area contributed by atoms with E-state index < -0.39 is 0 Å². The van der Waals surface area contributed by atoms with Crippen LogP contribution in [0.1, 0.15) is 5.56 Å². The quantitative estimate of drug-likeness (QED) is 0.793. The summed E-state index contributed by atoms with van der Waals surface area (Å²) >= 11 is 8.01. The molecule has 0 aliphatic carbocycles. The van der Waals surface area contributed by atoms with Gasteiger partial charge in [-0.25, -0.2) is 0 Å². The van der Waals surface area contributed by atoms with Crippen LogP contribution in [0.25, 0.3) is 0 Å². The van der Waals surface area contributed by atoms with Gasteiger partial charge in [0.25, 0.3) is 0 Å². The van der Waals surface area contributed by atoms with E-state index in [0.29, 0.717) is 6.54 Å². The van der Waals surface area contributed by atoms with Crippen LogP contribution in [0, 0.1) is 3.57 Å². The molecule has 0 amide bonds. The van der Waals surface area contributed by atoms with Crippen molar-refractivity contribution in [2.45, 2.75) is 6.54 Å². The van der Waals surface area contributed by atoms with E-state index in [0.717, 1.165) is 14.2 Å². The predicted octanol–water partition coefficient (Wildman–Crippen LogP) is 2.83. The van der Waals surface area contributed by atoms with Crippen LogP contribution in [0.5, 0.6) is 0 Å². The molecule has 2 N–H and O–H groups in total. The summed E-state index contributed by atoms with van der Waals surface area (Å²) in [6, 6.07) is 5.84. The van der Waals surface area contributed by atoms with Gasteiger partial charge in [0.1, 0.15) is 0 Å². The zero-order valence-corrected chi connectivity index (χ0v) is 9.41. The lowest BCUT2D eigenvalue weighted by atomic mass is 10.2. The molecule has 1 rings (SSSR count). The van der Waals surface area contributed by atoms with Crippen LogP contribution in [0.4, 0.5) is 0 Å². The Hall–Kier alpha value is 0.490. The minimum atomic E-state index is 0. The third-order valence-corrected chi connectivity index (χ3v) is 2.79. The van der Waals surface area contributed by atoms with Gasteiger partial charge in [0, 0.05) is 10.1 Å². The first-order valence-electron chi connectivity index (χ1n) is 2.88. The van der Waals surface area contributed by atoms with Crippen molar-refractivity contribution in [2.75, 3.05) is 0 Å². The van der Waals surface area contributed by atoms with Gasteiger partial charge in [-0.3, -0.25) is 0 Å². The van der Waals surface area contributed by atoms with E-state index in [1.165, 1.54) is 0 Å². The van der Waals surface area contributed by atoms with E-state index in [4.69, 9.17) is 17.3 Å². The minimum absolute atomic E-state index is 0. The van der Waals surface area contributed by atoms with Crippen molar-refractivity contribution in [2.24, 2.45) is 5.73 Å². The zero-order valence-electron chi connectivity index (χ0n) is 5.68. The Bertz CT molecular complexity index is 240. The topological polar surface area (TPSA) is 26.0 Å². The van der Waals surface area contributed by atoms with E-state index in [9.17, 15) is 0 Å². The second-order valence-electron chi connectivity index (χ2n) is 1.95. The van der Waals surface area contributed by atoms with Crippen molar-refractivity contribution >= 4 is 46.6 Å². The first kappa shape index (κ1) is 11.5. The van der Waals surface area contributed by atoms with Gasteiger partial charge in [0.05, 0.1) is 5.02 Å². The molecule has 0 aromatic heterocycles. The lowest BCUT2D eigenvalue weighted by Gasteiger charge is -1.98. The molecule has 0 spiro atoms. The molecule has 4 heteroatoms. The van der Waals surface area contributed by atoms with Crippen LogP contribution in [-0.4, -0.2) is 0 Å². The summed E-state index contributed by atoms with van der Waals surface area (Å²) < 4.78 is 1.07. The van der Waals surface area contributed by atoms with Crippen LogP contribution in [0.2, 0.25) is 5.02 Å². The third-order valence-electron chi connectivity index (χ3n) is 1.22. The first-order chi connectivity index (χ1) is 4.74. The molecule has 1 nitrogen and oxygen atoms in total. The summed E-state index contributed by atoms with van der Waals surface area (Å²) in [5.41, 5.74) is 6.48. The molecule has 62 valence electrons. The average molecular weight is 304 g/mol. The van der Waals surface area contributed by atoms with Crippen molar-refractivity contribution in [1.82, 2.24) is 0 Å². The highest BCUT2D eigenvalue weighted by Crippen LogP contribution is 2.18. The van der Waals surface area contributed by atoms with E-state index >= 15 is 0 Å². The predicted molar refractivity (Wildman–Crippen MR) is 59.3 cm³/mol. The molecule has 0 fully saturated rings. The molecule has 0 unspecified atom stereocenters. The molecule has 0 saturated carbocycles. The molecule has 11 heavy (non-hydrogen) atoms. The lowest BCUT2D eigenvalue weighted by Crippen LogP contribution is -1.95. The molecular formula is C7H8Cl2IN. The SMILES string of the molecule is Cl.NCc1ccc(I)c(Cl)c1. The van der Waals surface area contributed by atoms with E-state index in [2.05, 4.69) is 22.6 Å². The summed E-state index contributed by atoms with van der Waals surface area (Å²) in [6.07, 6.45) is 0. The molecular weight excluding hydrogens is 296 g/mol. The Morgan fingerprint density at radius 3 is 2.55 bits per heavy atom. The van der Waals surface area contributed by atoms with Crippen molar-refractivity contribution in [3.8, 4) is 0 Å². The van der Waals surface area contributed by atoms with E-state index in [-0.39, 0.29) is 12.4 Å². The molecule has 1 aromatic rings. The number of nitrogens with two attached hydrogens (primary N) is 1. The maximum Gasteiger partial charge on any atom is 0.0542 e. The highest BCUT2D eigenvalue weighted by atomic mass is 127. The van der Waals surface area contributed by atoms with Gasteiger partial charge >= 0.3 is 0 Å². The highest BCUT2D eigenvalue weighted by molar-refractivity contribution is 14.1. The number of rotatable bonds is 1. The number of benzene rings is 1. The maximum absolute atomic E-state index is 5.83. The van der Waals surface area contributed by atoms with Crippen LogP contribution in [0.15, 0.2) is 18.2 Å². The molecule has 0 aliphatic heterocycles. The number of hydrogen-bond acceptors (Lipinski definition) is 1. The molecule has 0 heterocycles. The van der Waals surface area contributed by atoms with Gasteiger partial charge in [-0.2, -0.15) is 0 Å². The minimum Gasteiger partial charge on any atom is -0.326 e. The Morgan fingerprint density at radius 1 is 1.45 bits per heavy atom. The summed E-state index contributed by atoms with van der Waals surface area (Å²) in [5, 5.41) is 0.781. The zero-order chi connectivity index (χ0) is 7.56. The fourth-order valence-corrected chi connectivity index (χ4v) is 1.21. The number of hydrogen-bond donors (Lipinski definition) is 1. The second kappa shape index (κ2) is 5.19. The van der Waals surface area contributed by atoms with Crippen molar-refractivity contribution < 1.29 is 0 Å². The van der Waals surface area contributed by atoms with Crippen LogP contribution < -0.4 is 5.73 Å². The molecule has 0 bridgehead atoms. The van der Waals surface area contributed by atoms with Gasteiger partial charge in [0.2, 0.25) is 0 Å². The highest BCUT2D eigenvalue weighted by Gasteiger charge is 1.95. The lowest BCUT2D eigenvalue weighted by molar-refractivity contribution is 1.07. The van der Waals surface area contributed by atoms with Gasteiger partial charge in [-0.05, 0) is 40.3 Å². The Balaban J connectivity index is 0.000001000. The second-order valence-corrected chi connectivity index (χ2v) is 3.52. The molecule has 0 radical (unpaired) electrons. The molecule has 0 atom stereocenters. The Labute approximate surface area is 90.9 Å². The standard InChI is InChI=1S/C7H7ClIN.ClH/c8-6-3-5(4-10)1-2-7(6)9;/h1-3H,4,10H2;1H. The van der Waals surface area contributed by atoms with E-state index in [1.807, 2.05) is 18.2 Å². The third kappa shape index (κ3) is 3.15. The van der Waals surface area contributed by atoms with Crippen molar-refractivity contribution in [3.05, 3.63) is 32.4 Å². The normalized spacial score (nSPS) is 9.00. The smallest absolute Gasteiger partial charge is 0.0542 e. The fourth-order valence-electron chi connectivity index (χ4n) is 0.667. The largest absolute Gasteiger partial charge is 0.326 e. The summed E-state index contributed by atoms with van der Waals surface area (Å²) in [6.45, 7) is 0.552. The molecule has 0 saturated heterocycles. The van der Waals surface area contributed by atoms with Crippen molar-refractivity contribution in [1.29, 1.82) is 0 Å². The van der Waals surface area contributed by atoms with Gasteiger partial charge in [-0.15, -0.1) is 12.4 Å². The maximum atomic E-state index is 5.83. The van der Waals surface area contributed by atoms with Gasteiger partial charge < -0.3 is 5.73 Å². The van der Waals surface area contributed by atoms with Gasteiger partial charge in [-0.1, -0.05) is 17.7 Å². The average Bonchev–Trinajstić information content (AvgIpc) is 1.95. The monoisotopic (exact) mass is 303 g/mol. The van der Waals surface area contributed by atoms with E-state index in [1.54, 1.807) is 0 Å². The Morgan fingerprint density at radius 2 is 2.09 bits per heavy atom. The summed E-state index contributed by atoms with van der Waals surface area (Å²) in [7, 11) is 0. The van der Waals surface area contributed by atoms with Gasteiger partial charge in [0.15, 0.2) is 0 Å². The summed E-state index contributed by atoms with van der Waals surface area (Å²) in [5.74, 6) is 0. The van der Waals surface area contributed by atoms with Crippen LogP contribution in [-0.2, 0) is 6.54 Å². The van der Waals surface area contributed by atoms with Crippen LogP contribution >= 0.6 is 46.6 Å². The molecule has 1 aromatic carbocycles. The fraction of sp³-hybridized carbons (Fsp3) is 0.143. The first-order valence-corrected chi connectivity index (χ1v) is 4.33. The Kier molecular flexibility index (Phi) is 5.42.